The molecular formula is C28H29N5O4. The van der Waals surface area contributed by atoms with Crippen LogP contribution in [0.15, 0.2) is 56.2 Å². The summed E-state index contributed by atoms with van der Waals surface area (Å²) in [5.74, 6) is 0.430. The molecular weight excluding hydrogens is 470 g/mol. The molecule has 0 atom stereocenters. The van der Waals surface area contributed by atoms with Crippen molar-refractivity contribution in [3.8, 4) is 23.0 Å². The molecule has 5 aromatic rings. The van der Waals surface area contributed by atoms with Gasteiger partial charge in [0.2, 0.25) is 11.8 Å². The van der Waals surface area contributed by atoms with Gasteiger partial charge in [-0.15, -0.1) is 10.2 Å². The average Bonchev–Trinajstić information content (AvgIpc) is 3.54. The Balaban J connectivity index is 1.63. The van der Waals surface area contributed by atoms with Crippen molar-refractivity contribution in [2.75, 3.05) is 0 Å². The molecule has 0 radical (unpaired) electrons. The van der Waals surface area contributed by atoms with E-state index in [0.29, 0.717) is 23.5 Å². The van der Waals surface area contributed by atoms with Crippen molar-refractivity contribution in [1.29, 1.82) is 0 Å². The minimum absolute atomic E-state index is 0.0828. The van der Waals surface area contributed by atoms with Gasteiger partial charge in [0.05, 0.1) is 12.1 Å². The second-order valence-corrected chi connectivity index (χ2v) is 8.91. The van der Waals surface area contributed by atoms with Crippen LogP contribution in [0.3, 0.4) is 0 Å². The molecule has 0 bridgehead atoms. The molecule has 0 aliphatic heterocycles. The molecule has 9 heteroatoms. The number of fused-ring (bicyclic) bond motifs is 1. The summed E-state index contributed by atoms with van der Waals surface area (Å²) < 4.78 is 12.9. The van der Waals surface area contributed by atoms with Crippen molar-refractivity contribution in [2.45, 2.75) is 59.3 Å². The molecule has 2 aromatic carbocycles. The Bertz CT molecular complexity index is 1590. The number of benzene rings is 2. The predicted molar refractivity (Wildman–Crippen MR) is 139 cm³/mol. The van der Waals surface area contributed by atoms with Crippen molar-refractivity contribution >= 4 is 11.0 Å². The SMILES string of the molecule is CCCCc1nc(=O)c(-c2nnc(Cc3noc4ccccc34)o2)c(O)n1-c1c(CC)cccc1CC. The van der Waals surface area contributed by atoms with E-state index in [0.717, 1.165) is 47.9 Å². The summed E-state index contributed by atoms with van der Waals surface area (Å²) in [5.41, 5.74) is 3.53. The molecule has 0 unspecified atom stereocenters. The molecule has 0 spiro atoms. The van der Waals surface area contributed by atoms with E-state index in [2.05, 4.69) is 41.1 Å². The third kappa shape index (κ3) is 4.52. The fourth-order valence-electron chi connectivity index (χ4n) is 4.61. The van der Waals surface area contributed by atoms with Gasteiger partial charge in [-0.25, -0.2) is 0 Å². The Labute approximate surface area is 213 Å². The topological polar surface area (TPSA) is 120 Å². The Morgan fingerprint density at radius 1 is 0.973 bits per heavy atom. The van der Waals surface area contributed by atoms with E-state index < -0.39 is 5.56 Å². The van der Waals surface area contributed by atoms with Crippen LogP contribution in [0, 0.1) is 0 Å². The maximum atomic E-state index is 13.2. The molecule has 9 nitrogen and oxygen atoms in total. The number of unbranched alkanes of at least 4 members (excludes halogenated alkanes) is 1. The van der Waals surface area contributed by atoms with Gasteiger partial charge in [-0.05, 0) is 42.5 Å². The smallest absolute Gasteiger partial charge is 0.289 e. The largest absolute Gasteiger partial charge is 0.493 e. The van der Waals surface area contributed by atoms with Crippen LogP contribution in [0.2, 0.25) is 0 Å². The molecule has 37 heavy (non-hydrogen) atoms. The summed E-state index contributed by atoms with van der Waals surface area (Å²) in [6, 6.07) is 13.6. The van der Waals surface area contributed by atoms with Crippen LogP contribution in [0.25, 0.3) is 28.1 Å². The summed E-state index contributed by atoms with van der Waals surface area (Å²) in [5, 5.41) is 24.7. The van der Waals surface area contributed by atoms with E-state index in [1.54, 1.807) is 4.57 Å². The van der Waals surface area contributed by atoms with Crippen LogP contribution in [-0.4, -0.2) is 30.0 Å². The normalized spacial score (nSPS) is 11.4. The van der Waals surface area contributed by atoms with Gasteiger partial charge in [0, 0.05) is 11.8 Å². The van der Waals surface area contributed by atoms with Crippen molar-refractivity contribution in [1.82, 2.24) is 24.9 Å². The maximum absolute atomic E-state index is 13.2. The number of aromatic hydroxyl groups is 1. The number of aromatic nitrogens is 5. The first kappa shape index (κ1) is 24.4. The lowest BCUT2D eigenvalue weighted by Crippen LogP contribution is -2.21. The molecule has 0 saturated heterocycles. The molecule has 0 aliphatic carbocycles. The average molecular weight is 500 g/mol. The standard InChI is InChI=1S/C28H29N5O4/c1-4-7-15-22-29-26(34)24(28(35)33(22)25-17(5-2)11-10-12-18(25)6-3)27-31-30-23(36-27)16-20-19-13-8-9-14-21(19)37-32-20/h8-14,35H,4-7,15-16H2,1-3H3. The van der Waals surface area contributed by atoms with E-state index in [1.807, 2.05) is 42.5 Å². The fraction of sp³-hybridized carbons (Fsp3) is 0.321. The van der Waals surface area contributed by atoms with Gasteiger partial charge >= 0.3 is 0 Å². The highest BCUT2D eigenvalue weighted by Crippen LogP contribution is 2.33. The minimum Gasteiger partial charge on any atom is -0.493 e. The van der Waals surface area contributed by atoms with Crippen molar-refractivity contribution in [3.05, 3.63) is 81.4 Å². The molecule has 0 saturated carbocycles. The Hall–Kier alpha value is -4.27. The van der Waals surface area contributed by atoms with Crippen molar-refractivity contribution in [3.63, 3.8) is 0 Å². The van der Waals surface area contributed by atoms with Crippen LogP contribution >= 0.6 is 0 Å². The number of hydrogen-bond donors (Lipinski definition) is 1. The van der Waals surface area contributed by atoms with Gasteiger partial charge in [-0.1, -0.05) is 62.7 Å². The first-order valence-corrected chi connectivity index (χ1v) is 12.7. The quantitative estimate of drug-likeness (QED) is 0.294. The molecule has 0 aliphatic rings. The first-order valence-electron chi connectivity index (χ1n) is 12.7. The van der Waals surface area contributed by atoms with Crippen LogP contribution in [0.5, 0.6) is 5.88 Å². The van der Waals surface area contributed by atoms with Crippen molar-refractivity contribution < 1.29 is 14.0 Å². The van der Waals surface area contributed by atoms with Gasteiger partial charge < -0.3 is 14.0 Å². The number of hydrogen-bond acceptors (Lipinski definition) is 8. The second-order valence-electron chi connectivity index (χ2n) is 8.91. The van der Waals surface area contributed by atoms with E-state index in [-0.39, 0.29) is 29.6 Å². The first-order chi connectivity index (χ1) is 18.0. The van der Waals surface area contributed by atoms with E-state index in [4.69, 9.17) is 8.94 Å². The number of rotatable bonds is 9. The Morgan fingerprint density at radius 2 is 1.73 bits per heavy atom. The number of aryl methyl sites for hydroxylation is 3. The van der Waals surface area contributed by atoms with E-state index in [1.165, 1.54) is 0 Å². The maximum Gasteiger partial charge on any atom is 0.289 e. The Morgan fingerprint density at radius 3 is 2.46 bits per heavy atom. The van der Waals surface area contributed by atoms with Gasteiger partial charge in [0.25, 0.3) is 11.4 Å². The molecule has 3 heterocycles. The lowest BCUT2D eigenvalue weighted by Gasteiger charge is -2.21. The zero-order chi connectivity index (χ0) is 25.9. The van der Waals surface area contributed by atoms with Crippen molar-refractivity contribution in [2.24, 2.45) is 0 Å². The van der Waals surface area contributed by atoms with E-state index in [9.17, 15) is 9.90 Å². The lowest BCUT2D eigenvalue weighted by molar-refractivity contribution is 0.424. The molecule has 0 fully saturated rings. The lowest BCUT2D eigenvalue weighted by atomic mass is 10.0. The fourth-order valence-corrected chi connectivity index (χ4v) is 4.61. The molecule has 1 N–H and O–H groups in total. The van der Waals surface area contributed by atoms with Gasteiger partial charge in [0.15, 0.2) is 11.1 Å². The van der Waals surface area contributed by atoms with Gasteiger partial charge in [-0.3, -0.25) is 9.36 Å². The van der Waals surface area contributed by atoms with Crippen LogP contribution in [-0.2, 0) is 25.7 Å². The highest BCUT2D eigenvalue weighted by Gasteiger charge is 2.26. The number of para-hydroxylation sites is 2. The highest BCUT2D eigenvalue weighted by molar-refractivity contribution is 5.79. The molecule has 3 aromatic heterocycles. The summed E-state index contributed by atoms with van der Waals surface area (Å²) in [4.78, 5) is 17.6. The Kier molecular flexibility index (Phi) is 6.85. The third-order valence-corrected chi connectivity index (χ3v) is 6.53. The summed E-state index contributed by atoms with van der Waals surface area (Å²) in [6.07, 6.45) is 4.05. The number of nitrogens with zero attached hydrogens (tertiary/aromatic N) is 5. The van der Waals surface area contributed by atoms with E-state index >= 15 is 0 Å². The predicted octanol–water partition coefficient (Wildman–Crippen LogP) is 5.19. The van der Waals surface area contributed by atoms with Gasteiger partial charge in [-0.2, -0.15) is 4.98 Å². The summed E-state index contributed by atoms with van der Waals surface area (Å²) in [6.45, 7) is 6.21. The highest BCUT2D eigenvalue weighted by atomic mass is 16.5. The van der Waals surface area contributed by atoms with Crippen LogP contribution < -0.4 is 5.56 Å². The molecule has 0 amide bonds. The third-order valence-electron chi connectivity index (χ3n) is 6.53. The van der Waals surface area contributed by atoms with Crippen LogP contribution in [0.1, 0.15) is 62.1 Å². The molecule has 190 valence electrons. The van der Waals surface area contributed by atoms with Gasteiger partial charge in [0.1, 0.15) is 11.5 Å². The monoisotopic (exact) mass is 499 g/mol. The van der Waals surface area contributed by atoms with Crippen LogP contribution in [0.4, 0.5) is 0 Å². The summed E-state index contributed by atoms with van der Waals surface area (Å²) in [7, 11) is 0. The zero-order valence-corrected chi connectivity index (χ0v) is 21.2. The molecule has 5 rings (SSSR count). The minimum atomic E-state index is -0.603. The second kappa shape index (κ2) is 10.4. The zero-order valence-electron chi connectivity index (χ0n) is 21.2. The summed E-state index contributed by atoms with van der Waals surface area (Å²) >= 11 is 0.